The fraction of sp³-hybridized carbons (Fsp3) is 0.160. The summed E-state index contributed by atoms with van der Waals surface area (Å²) in [5, 5.41) is 5.63. The fourth-order valence-electron chi connectivity index (χ4n) is 3.59. The van der Waals surface area contributed by atoms with E-state index < -0.39 is 11.9 Å². The van der Waals surface area contributed by atoms with Crippen LogP contribution in [0.3, 0.4) is 0 Å². The molecule has 2 N–H and O–H groups in total. The van der Waals surface area contributed by atoms with Gasteiger partial charge in [0.1, 0.15) is 6.04 Å². The zero-order valence-electron chi connectivity index (χ0n) is 17.4. The van der Waals surface area contributed by atoms with Crippen molar-refractivity contribution in [2.45, 2.75) is 26.3 Å². The second kappa shape index (κ2) is 8.44. The molecule has 0 saturated carbocycles. The highest BCUT2D eigenvalue weighted by molar-refractivity contribution is 6.17. The Morgan fingerprint density at radius 1 is 0.903 bits per heavy atom. The quantitative estimate of drug-likeness (QED) is 0.669. The maximum absolute atomic E-state index is 13.4. The van der Waals surface area contributed by atoms with E-state index in [1.54, 1.807) is 48.5 Å². The summed E-state index contributed by atoms with van der Waals surface area (Å²) < 4.78 is 0. The van der Waals surface area contributed by atoms with E-state index in [1.165, 1.54) is 4.90 Å². The van der Waals surface area contributed by atoms with Gasteiger partial charge in [-0.1, -0.05) is 47.5 Å². The van der Waals surface area contributed by atoms with E-state index in [2.05, 4.69) is 10.6 Å². The summed E-state index contributed by atoms with van der Waals surface area (Å²) in [6, 6.07) is 20.7. The van der Waals surface area contributed by atoms with E-state index in [0.717, 1.165) is 11.1 Å². The third-order valence-corrected chi connectivity index (χ3v) is 5.27. The average molecular weight is 413 g/mol. The molecule has 0 aliphatic carbocycles. The van der Waals surface area contributed by atoms with Crippen LogP contribution in [-0.2, 0) is 9.59 Å². The Kier molecular flexibility index (Phi) is 5.54. The summed E-state index contributed by atoms with van der Waals surface area (Å²) in [5.41, 5.74) is 4.32. The van der Waals surface area contributed by atoms with Gasteiger partial charge in [0, 0.05) is 11.3 Å². The molecular weight excluding hydrogens is 390 g/mol. The first kappa shape index (κ1) is 20.3. The number of rotatable bonds is 4. The predicted molar refractivity (Wildman–Crippen MR) is 121 cm³/mol. The summed E-state index contributed by atoms with van der Waals surface area (Å²) in [4.78, 5) is 40.5. The molecule has 0 unspecified atom stereocenters. The Morgan fingerprint density at radius 3 is 2.19 bits per heavy atom. The molecule has 156 valence electrons. The molecule has 3 aromatic carbocycles. The normalized spacial score (nSPS) is 15.1. The molecule has 3 aromatic rings. The van der Waals surface area contributed by atoms with Crippen molar-refractivity contribution in [1.29, 1.82) is 0 Å². The van der Waals surface area contributed by atoms with E-state index in [9.17, 15) is 14.4 Å². The molecule has 1 heterocycles. The van der Waals surface area contributed by atoms with Crippen molar-refractivity contribution in [2.24, 2.45) is 0 Å². The molecule has 4 rings (SSSR count). The number of nitrogens with one attached hydrogen (secondary N) is 2. The molecule has 31 heavy (non-hydrogen) atoms. The fourth-order valence-corrected chi connectivity index (χ4v) is 3.59. The molecular formula is C25H23N3O3. The number of nitrogens with zero attached hydrogens (tertiary/aromatic N) is 1. The van der Waals surface area contributed by atoms with Gasteiger partial charge < -0.3 is 10.6 Å². The molecule has 1 aliphatic heterocycles. The Balaban J connectivity index is 1.64. The highest BCUT2D eigenvalue weighted by Gasteiger charge is 2.38. The minimum Gasteiger partial charge on any atom is -0.326 e. The lowest BCUT2D eigenvalue weighted by molar-refractivity contribution is -0.122. The van der Waals surface area contributed by atoms with E-state index >= 15 is 0 Å². The van der Waals surface area contributed by atoms with Crippen LogP contribution in [0, 0.1) is 13.8 Å². The van der Waals surface area contributed by atoms with Gasteiger partial charge in [-0.15, -0.1) is 0 Å². The smallest absolute Gasteiger partial charge is 0.259 e. The molecule has 0 fully saturated rings. The largest absolute Gasteiger partial charge is 0.326 e. The number of carbonyl (C=O) groups excluding carboxylic acids is 3. The van der Waals surface area contributed by atoms with E-state index in [-0.39, 0.29) is 18.2 Å². The number of hydrogen-bond acceptors (Lipinski definition) is 3. The number of carbonyl (C=O) groups is 3. The van der Waals surface area contributed by atoms with Gasteiger partial charge in [0.15, 0.2) is 0 Å². The summed E-state index contributed by atoms with van der Waals surface area (Å²) in [6.45, 7) is 3.90. The van der Waals surface area contributed by atoms with Crippen LogP contribution in [0.1, 0.15) is 27.9 Å². The monoisotopic (exact) mass is 413 g/mol. The van der Waals surface area contributed by atoms with Gasteiger partial charge in [0.25, 0.3) is 5.91 Å². The van der Waals surface area contributed by atoms with E-state index in [1.807, 2.05) is 38.1 Å². The second-order valence-electron chi connectivity index (χ2n) is 7.68. The van der Waals surface area contributed by atoms with Crippen LogP contribution in [0.2, 0.25) is 0 Å². The molecule has 0 radical (unpaired) electrons. The number of hydrogen-bond donors (Lipinski definition) is 2. The third kappa shape index (κ3) is 4.33. The standard InChI is InChI=1S/C25H23N3O3/c1-16-7-11-18(12-8-16)25(31)28-21-6-4-3-5-20(21)27-24(30)22(28)15-23(29)26-19-13-9-17(2)10-14-19/h3-14,22H,15H2,1-2H3,(H,26,29)(H,27,30)/t22-/m0/s1. The van der Waals surface area contributed by atoms with Crippen molar-refractivity contribution in [3.05, 3.63) is 89.5 Å². The molecule has 6 nitrogen and oxygen atoms in total. The van der Waals surface area contributed by atoms with Crippen molar-refractivity contribution in [1.82, 2.24) is 0 Å². The molecule has 0 spiro atoms. The van der Waals surface area contributed by atoms with Crippen LogP contribution in [0.4, 0.5) is 17.1 Å². The summed E-state index contributed by atoms with van der Waals surface area (Å²) in [7, 11) is 0. The number of amides is 3. The number of benzene rings is 3. The lowest BCUT2D eigenvalue weighted by Gasteiger charge is -2.36. The van der Waals surface area contributed by atoms with E-state index in [0.29, 0.717) is 22.6 Å². The molecule has 1 atom stereocenters. The lowest BCUT2D eigenvalue weighted by atomic mass is 10.0. The molecule has 1 aliphatic rings. The van der Waals surface area contributed by atoms with Crippen molar-refractivity contribution in [2.75, 3.05) is 15.5 Å². The second-order valence-corrected chi connectivity index (χ2v) is 7.68. The topological polar surface area (TPSA) is 78.5 Å². The van der Waals surface area contributed by atoms with Crippen molar-refractivity contribution < 1.29 is 14.4 Å². The van der Waals surface area contributed by atoms with Gasteiger partial charge in [-0.05, 0) is 50.2 Å². The molecule has 0 aromatic heterocycles. The zero-order chi connectivity index (χ0) is 22.0. The first-order valence-corrected chi connectivity index (χ1v) is 10.1. The van der Waals surface area contributed by atoms with Crippen LogP contribution in [0.5, 0.6) is 0 Å². The molecule has 0 bridgehead atoms. The average Bonchev–Trinajstić information content (AvgIpc) is 2.76. The predicted octanol–water partition coefficient (Wildman–Crippen LogP) is 4.30. The SMILES string of the molecule is Cc1ccc(NC(=O)C[C@H]2C(=O)Nc3ccccc3N2C(=O)c2ccc(C)cc2)cc1. The van der Waals surface area contributed by atoms with Crippen LogP contribution in [0.25, 0.3) is 0 Å². The Labute approximate surface area is 180 Å². The Bertz CT molecular complexity index is 1140. The van der Waals surface area contributed by atoms with Crippen molar-refractivity contribution in [3.63, 3.8) is 0 Å². The van der Waals surface area contributed by atoms with Gasteiger partial charge in [-0.2, -0.15) is 0 Å². The van der Waals surface area contributed by atoms with Crippen molar-refractivity contribution in [3.8, 4) is 0 Å². The van der Waals surface area contributed by atoms with Crippen LogP contribution in [0.15, 0.2) is 72.8 Å². The lowest BCUT2D eigenvalue weighted by Crippen LogP contribution is -2.52. The maximum Gasteiger partial charge on any atom is 0.259 e. The summed E-state index contributed by atoms with van der Waals surface area (Å²) in [5.74, 6) is -1.06. The highest BCUT2D eigenvalue weighted by atomic mass is 16.2. The van der Waals surface area contributed by atoms with Gasteiger partial charge in [-0.3, -0.25) is 19.3 Å². The summed E-state index contributed by atoms with van der Waals surface area (Å²) in [6.07, 6.45) is -0.161. The van der Waals surface area contributed by atoms with E-state index in [4.69, 9.17) is 0 Å². The summed E-state index contributed by atoms with van der Waals surface area (Å²) >= 11 is 0. The molecule has 6 heteroatoms. The third-order valence-electron chi connectivity index (χ3n) is 5.27. The maximum atomic E-state index is 13.4. The molecule has 0 saturated heterocycles. The van der Waals surface area contributed by atoms with Gasteiger partial charge in [0.05, 0.1) is 17.8 Å². The number of aryl methyl sites for hydroxylation is 2. The van der Waals surface area contributed by atoms with Crippen LogP contribution < -0.4 is 15.5 Å². The van der Waals surface area contributed by atoms with Gasteiger partial charge in [0.2, 0.25) is 11.8 Å². The number of fused-ring (bicyclic) bond motifs is 1. The van der Waals surface area contributed by atoms with Gasteiger partial charge in [-0.25, -0.2) is 0 Å². The Morgan fingerprint density at radius 2 is 1.52 bits per heavy atom. The minimum atomic E-state index is -0.964. The molecule has 3 amide bonds. The van der Waals surface area contributed by atoms with Crippen LogP contribution >= 0.6 is 0 Å². The first-order chi connectivity index (χ1) is 14.9. The van der Waals surface area contributed by atoms with Crippen LogP contribution in [-0.4, -0.2) is 23.8 Å². The van der Waals surface area contributed by atoms with Crippen molar-refractivity contribution >= 4 is 34.8 Å². The minimum absolute atomic E-state index is 0.161. The zero-order valence-corrected chi connectivity index (χ0v) is 17.4. The number of anilines is 3. The first-order valence-electron chi connectivity index (χ1n) is 10.1. The highest BCUT2D eigenvalue weighted by Crippen LogP contribution is 2.34. The van der Waals surface area contributed by atoms with Gasteiger partial charge >= 0.3 is 0 Å². The Hall–Kier alpha value is -3.93. The number of para-hydroxylation sites is 2.